The number of rotatable bonds is 4. The molecule has 0 saturated heterocycles. The van der Waals surface area contributed by atoms with Gasteiger partial charge in [0.1, 0.15) is 12.0 Å². The first-order valence-corrected chi connectivity index (χ1v) is 9.58. The summed E-state index contributed by atoms with van der Waals surface area (Å²) in [6.07, 6.45) is 5.59. The maximum Gasteiger partial charge on any atom is 0.131 e. The number of nitrogens with one attached hydrogen (secondary N) is 1. The number of hydrogen-bond donors (Lipinski definition) is 1. The summed E-state index contributed by atoms with van der Waals surface area (Å²) >= 11 is 0. The summed E-state index contributed by atoms with van der Waals surface area (Å²) in [7, 11) is 1.74. The highest BCUT2D eigenvalue weighted by Gasteiger charge is 2.38. The summed E-state index contributed by atoms with van der Waals surface area (Å²) in [5.41, 5.74) is 5.97. The monoisotopic (exact) mass is 374 g/mol. The first-order chi connectivity index (χ1) is 13.5. The number of benzene rings is 2. The van der Waals surface area contributed by atoms with E-state index < -0.39 is 0 Å². The summed E-state index contributed by atoms with van der Waals surface area (Å²) in [6.45, 7) is 6.79. The van der Waals surface area contributed by atoms with Crippen LogP contribution >= 0.6 is 0 Å². The normalized spacial score (nSPS) is 19.2. The molecule has 4 rings (SSSR count). The van der Waals surface area contributed by atoms with Gasteiger partial charge in [-0.3, -0.25) is 0 Å². The highest BCUT2D eigenvalue weighted by molar-refractivity contribution is 5.61. The van der Waals surface area contributed by atoms with Crippen molar-refractivity contribution in [2.75, 3.05) is 7.11 Å². The number of aromatic nitrogens is 1. The Morgan fingerprint density at radius 1 is 1.00 bits per heavy atom. The molecule has 28 heavy (non-hydrogen) atoms. The van der Waals surface area contributed by atoms with E-state index in [1.54, 1.807) is 19.6 Å². The van der Waals surface area contributed by atoms with Gasteiger partial charge in [-0.15, -0.1) is 0 Å². The van der Waals surface area contributed by atoms with Gasteiger partial charge in [-0.1, -0.05) is 68.4 Å². The number of methoxy groups -OCH3 is 1. The zero-order valence-corrected chi connectivity index (χ0v) is 16.8. The van der Waals surface area contributed by atoms with Crippen molar-refractivity contribution in [3.8, 4) is 16.9 Å². The fourth-order valence-electron chi connectivity index (χ4n) is 4.02. The Morgan fingerprint density at radius 3 is 2.39 bits per heavy atom. The maximum atomic E-state index is 5.70. The summed E-state index contributed by atoms with van der Waals surface area (Å²) in [4.78, 5) is 0. The van der Waals surface area contributed by atoms with Crippen molar-refractivity contribution in [1.29, 1.82) is 0 Å². The molecular formula is C24H26N2O2. The van der Waals surface area contributed by atoms with E-state index in [0.717, 1.165) is 16.9 Å². The van der Waals surface area contributed by atoms with E-state index in [9.17, 15) is 0 Å². The van der Waals surface area contributed by atoms with Crippen molar-refractivity contribution in [3.05, 3.63) is 83.9 Å². The van der Waals surface area contributed by atoms with E-state index in [-0.39, 0.29) is 17.4 Å². The van der Waals surface area contributed by atoms with Gasteiger partial charge in [-0.25, -0.2) is 0 Å². The number of nitrogens with zero attached hydrogens (tertiary/aromatic N) is 1. The van der Waals surface area contributed by atoms with Crippen LogP contribution < -0.4 is 10.1 Å². The molecule has 0 bridgehead atoms. The summed E-state index contributed by atoms with van der Waals surface area (Å²) in [6, 6.07) is 17.1. The molecular weight excluding hydrogens is 348 g/mol. The standard InChI is InChI=1S/C24H26N2O2/c1-24(2,3)20-14-25-23(22(20)19-7-5-6-8-21(19)27-4)17-11-9-16(10-12-17)18-13-26-28-15-18/h5-15,22-23,25H,1-4H3. The Kier molecular flexibility index (Phi) is 4.71. The lowest BCUT2D eigenvalue weighted by molar-refractivity contribution is 0.395. The third-order valence-corrected chi connectivity index (χ3v) is 5.46. The minimum Gasteiger partial charge on any atom is -0.496 e. The molecule has 4 nitrogen and oxygen atoms in total. The number of ether oxygens (including phenoxy) is 1. The van der Waals surface area contributed by atoms with E-state index in [1.807, 2.05) is 12.1 Å². The van der Waals surface area contributed by atoms with Crippen LogP contribution in [-0.4, -0.2) is 12.3 Å². The molecule has 4 heteroatoms. The van der Waals surface area contributed by atoms with Crippen LogP contribution in [0.2, 0.25) is 0 Å². The van der Waals surface area contributed by atoms with Crippen LogP contribution in [0.1, 0.15) is 43.9 Å². The van der Waals surface area contributed by atoms with E-state index in [4.69, 9.17) is 9.26 Å². The number of hydrogen-bond acceptors (Lipinski definition) is 4. The molecule has 1 aromatic heterocycles. The molecule has 0 amide bonds. The Labute approximate surface area is 166 Å². The van der Waals surface area contributed by atoms with Gasteiger partial charge in [0.15, 0.2) is 0 Å². The van der Waals surface area contributed by atoms with E-state index >= 15 is 0 Å². The lowest BCUT2D eigenvalue weighted by Crippen LogP contribution is -2.21. The predicted molar refractivity (Wildman–Crippen MR) is 111 cm³/mol. The summed E-state index contributed by atoms with van der Waals surface area (Å²) in [5.74, 6) is 1.13. The lowest BCUT2D eigenvalue weighted by atomic mass is 9.73. The maximum absolute atomic E-state index is 5.70. The van der Waals surface area contributed by atoms with Crippen LogP contribution in [0.25, 0.3) is 11.1 Å². The first-order valence-electron chi connectivity index (χ1n) is 9.58. The minimum atomic E-state index is 0.0513. The van der Waals surface area contributed by atoms with Gasteiger partial charge in [0, 0.05) is 17.0 Å². The first kappa shape index (κ1) is 18.4. The second-order valence-electron chi connectivity index (χ2n) is 8.25. The molecule has 2 unspecified atom stereocenters. The lowest BCUT2D eigenvalue weighted by Gasteiger charge is -2.31. The van der Waals surface area contributed by atoms with Crippen molar-refractivity contribution in [2.45, 2.75) is 32.7 Å². The van der Waals surface area contributed by atoms with Crippen molar-refractivity contribution >= 4 is 0 Å². The fourth-order valence-corrected chi connectivity index (χ4v) is 4.02. The molecule has 144 valence electrons. The molecule has 0 fully saturated rings. The Morgan fingerprint density at radius 2 is 1.75 bits per heavy atom. The van der Waals surface area contributed by atoms with Crippen molar-refractivity contribution < 1.29 is 9.26 Å². The van der Waals surface area contributed by atoms with Crippen molar-refractivity contribution in [1.82, 2.24) is 10.5 Å². The molecule has 0 spiro atoms. The van der Waals surface area contributed by atoms with Crippen LogP contribution in [0.3, 0.4) is 0 Å². The van der Waals surface area contributed by atoms with Crippen LogP contribution in [0.4, 0.5) is 0 Å². The van der Waals surface area contributed by atoms with Gasteiger partial charge in [0.25, 0.3) is 0 Å². The van der Waals surface area contributed by atoms with E-state index in [0.29, 0.717) is 0 Å². The Balaban J connectivity index is 1.74. The molecule has 1 aliphatic heterocycles. The molecule has 0 aliphatic carbocycles. The van der Waals surface area contributed by atoms with Crippen LogP contribution in [0, 0.1) is 5.41 Å². The SMILES string of the molecule is COc1ccccc1C1C(C(C)(C)C)=CNC1c1ccc(-c2cnoc2)cc1. The van der Waals surface area contributed by atoms with Gasteiger partial charge in [-0.05, 0) is 34.4 Å². The molecule has 0 saturated carbocycles. The average molecular weight is 374 g/mol. The second kappa shape index (κ2) is 7.19. The second-order valence-corrected chi connectivity index (χ2v) is 8.25. The van der Waals surface area contributed by atoms with Gasteiger partial charge in [0.2, 0.25) is 0 Å². The zero-order valence-electron chi connectivity index (χ0n) is 16.8. The molecule has 3 aromatic rings. The largest absolute Gasteiger partial charge is 0.496 e. The third-order valence-electron chi connectivity index (χ3n) is 5.46. The topological polar surface area (TPSA) is 47.3 Å². The quantitative estimate of drug-likeness (QED) is 0.635. The van der Waals surface area contributed by atoms with Gasteiger partial charge >= 0.3 is 0 Å². The fraction of sp³-hybridized carbons (Fsp3) is 0.292. The smallest absolute Gasteiger partial charge is 0.131 e. The third kappa shape index (κ3) is 3.31. The van der Waals surface area contributed by atoms with Crippen LogP contribution in [-0.2, 0) is 0 Å². The van der Waals surface area contributed by atoms with Crippen LogP contribution in [0.15, 0.2) is 77.3 Å². The number of para-hydroxylation sites is 1. The van der Waals surface area contributed by atoms with E-state index in [2.05, 4.69) is 73.8 Å². The van der Waals surface area contributed by atoms with Crippen molar-refractivity contribution in [2.24, 2.45) is 5.41 Å². The summed E-state index contributed by atoms with van der Waals surface area (Å²) < 4.78 is 10.7. The molecule has 2 atom stereocenters. The van der Waals surface area contributed by atoms with Gasteiger partial charge < -0.3 is 14.6 Å². The average Bonchev–Trinajstić information content (AvgIpc) is 3.37. The van der Waals surface area contributed by atoms with Gasteiger partial charge in [-0.2, -0.15) is 0 Å². The highest BCUT2D eigenvalue weighted by Crippen LogP contribution is 2.49. The zero-order chi connectivity index (χ0) is 19.7. The van der Waals surface area contributed by atoms with Crippen molar-refractivity contribution in [3.63, 3.8) is 0 Å². The Hall–Kier alpha value is -3.01. The molecule has 0 radical (unpaired) electrons. The minimum absolute atomic E-state index is 0.0513. The predicted octanol–water partition coefficient (Wildman–Crippen LogP) is 5.71. The molecule has 2 aromatic carbocycles. The van der Waals surface area contributed by atoms with E-state index in [1.165, 1.54) is 16.7 Å². The molecule has 1 aliphatic rings. The highest BCUT2D eigenvalue weighted by atomic mass is 16.5. The summed E-state index contributed by atoms with van der Waals surface area (Å²) in [5, 5.41) is 7.43. The molecule has 2 heterocycles. The Bertz CT molecular complexity index is 967. The molecule has 1 N–H and O–H groups in total. The van der Waals surface area contributed by atoms with Crippen LogP contribution in [0.5, 0.6) is 5.75 Å². The van der Waals surface area contributed by atoms with Gasteiger partial charge in [0.05, 0.1) is 19.3 Å².